The van der Waals surface area contributed by atoms with E-state index in [4.69, 9.17) is 9.47 Å². The first-order chi connectivity index (χ1) is 19.7. The Kier molecular flexibility index (Phi) is 7.74. The van der Waals surface area contributed by atoms with Gasteiger partial charge in [0.2, 0.25) is 0 Å². The maximum absolute atomic E-state index is 13.5. The Morgan fingerprint density at radius 1 is 1.07 bits per heavy atom. The summed E-state index contributed by atoms with van der Waals surface area (Å²) < 4.78 is 12.8. The van der Waals surface area contributed by atoms with Gasteiger partial charge in [-0.3, -0.25) is 9.36 Å². The van der Waals surface area contributed by atoms with Gasteiger partial charge in [-0.15, -0.1) is 0 Å². The van der Waals surface area contributed by atoms with Crippen LogP contribution in [0.1, 0.15) is 39.7 Å². The highest BCUT2D eigenvalue weighted by Gasteiger charge is 2.27. The molecular weight excluding hydrogens is 520 g/mol. The van der Waals surface area contributed by atoms with Gasteiger partial charge in [-0.1, -0.05) is 17.7 Å². The summed E-state index contributed by atoms with van der Waals surface area (Å²) in [5, 5.41) is 2.98. The minimum Gasteiger partial charge on any atom is -0.493 e. The third-order valence-electron chi connectivity index (χ3n) is 7.42. The van der Waals surface area contributed by atoms with E-state index in [1.165, 1.54) is 12.5 Å². The SMILES string of the molecule is COc1cc2c(cc1OC)-c1cc(N(c3c(C)cc(C)cc3C)C(C)CNC(=O)c3ccncn3)nc(=O)n1CC2. The lowest BCUT2D eigenvalue weighted by atomic mass is 9.96. The van der Waals surface area contributed by atoms with Crippen molar-refractivity contribution in [2.24, 2.45) is 0 Å². The monoisotopic (exact) mass is 554 g/mol. The first kappa shape index (κ1) is 27.8. The van der Waals surface area contributed by atoms with Crippen LogP contribution in [0, 0.1) is 20.8 Å². The molecule has 5 rings (SSSR count). The zero-order chi connectivity index (χ0) is 29.3. The number of ether oxygens (including phenoxy) is 2. The number of amides is 1. The molecule has 10 nitrogen and oxygen atoms in total. The van der Waals surface area contributed by atoms with Crippen LogP contribution in [-0.2, 0) is 13.0 Å². The summed E-state index contributed by atoms with van der Waals surface area (Å²) >= 11 is 0. The second-order valence-electron chi connectivity index (χ2n) is 10.3. The van der Waals surface area contributed by atoms with Crippen LogP contribution in [-0.4, -0.2) is 52.2 Å². The third-order valence-corrected chi connectivity index (χ3v) is 7.42. The number of fused-ring (bicyclic) bond motifs is 3. The quantitative estimate of drug-likeness (QED) is 0.346. The Hall–Kier alpha value is -4.73. The zero-order valence-corrected chi connectivity index (χ0v) is 24.2. The van der Waals surface area contributed by atoms with E-state index in [1.54, 1.807) is 24.9 Å². The van der Waals surface area contributed by atoms with Crippen LogP contribution in [0.25, 0.3) is 11.3 Å². The first-order valence-corrected chi connectivity index (χ1v) is 13.5. The number of anilines is 2. The van der Waals surface area contributed by atoms with Crippen LogP contribution < -0.4 is 25.4 Å². The van der Waals surface area contributed by atoms with Crippen LogP contribution in [0.4, 0.5) is 11.5 Å². The van der Waals surface area contributed by atoms with E-state index in [9.17, 15) is 9.59 Å². The summed E-state index contributed by atoms with van der Waals surface area (Å²) in [5.74, 6) is 1.44. The van der Waals surface area contributed by atoms with Gasteiger partial charge < -0.3 is 19.7 Å². The molecule has 0 fully saturated rings. The average molecular weight is 555 g/mol. The highest BCUT2D eigenvalue weighted by atomic mass is 16.5. The fourth-order valence-corrected chi connectivity index (χ4v) is 5.62. The van der Waals surface area contributed by atoms with Crippen LogP contribution in [0.5, 0.6) is 11.5 Å². The van der Waals surface area contributed by atoms with Gasteiger partial charge in [-0.25, -0.2) is 14.8 Å². The number of hydrogen-bond donors (Lipinski definition) is 1. The summed E-state index contributed by atoms with van der Waals surface area (Å²) in [7, 11) is 3.21. The molecule has 0 bridgehead atoms. The van der Waals surface area contributed by atoms with Gasteiger partial charge in [-0.05, 0) is 69.0 Å². The number of nitrogens with one attached hydrogen (secondary N) is 1. The fraction of sp³-hybridized carbons (Fsp3) is 0.323. The normalized spacial score (nSPS) is 12.6. The number of carbonyl (C=O) groups is 1. The van der Waals surface area contributed by atoms with Crippen molar-refractivity contribution in [1.82, 2.24) is 24.8 Å². The Morgan fingerprint density at radius 3 is 2.44 bits per heavy atom. The van der Waals surface area contributed by atoms with Crippen molar-refractivity contribution >= 4 is 17.4 Å². The van der Waals surface area contributed by atoms with Crippen molar-refractivity contribution in [3.8, 4) is 22.8 Å². The number of hydrogen-bond acceptors (Lipinski definition) is 8. The predicted molar refractivity (Wildman–Crippen MR) is 157 cm³/mol. The molecule has 1 N–H and O–H groups in total. The summed E-state index contributed by atoms with van der Waals surface area (Å²) in [6.45, 7) is 8.95. The number of nitrogens with zero attached hydrogens (tertiary/aromatic N) is 5. The Labute approximate surface area is 239 Å². The molecule has 2 aromatic heterocycles. The lowest BCUT2D eigenvalue weighted by molar-refractivity contribution is 0.0946. The number of aryl methyl sites for hydroxylation is 4. The van der Waals surface area contributed by atoms with E-state index < -0.39 is 0 Å². The lowest BCUT2D eigenvalue weighted by Crippen LogP contribution is -2.42. The minimum atomic E-state index is -0.331. The number of rotatable bonds is 8. The van der Waals surface area contributed by atoms with Crippen molar-refractivity contribution in [1.29, 1.82) is 0 Å². The number of carbonyl (C=O) groups excluding carboxylic acids is 1. The largest absolute Gasteiger partial charge is 0.493 e. The van der Waals surface area contributed by atoms with E-state index in [0.29, 0.717) is 30.3 Å². The van der Waals surface area contributed by atoms with Gasteiger partial charge >= 0.3 is 5.69 Å². The maximum Gasteiger partial charge on any atom is 0.350 e. The molecule has 1 aliphatic heterocycles. The fourth-order valence-electron chi connectivity index (χ4n) is 5.62. The highest BCUT2D eigenvalue weighted by Crippen LogP contribution is 2.40. The summed E-state index contributed by atoms with van der Waals surface area (Å²) in [5.41, 5.74) is 6.85. The second-order valence-corrected chi connectivity index (χ2v) is 10.3. The van der Waals surface area contributed by atoms with Gasteiger partial charge in [0.25, 0.3) is 5.91 Å². The van der Waals surface area contributed by atoms with Gasteiger partial charge in [0.05, 0.1) is 26.0 Å². The second kappa shape index (κ2) is 11.4. The van der Waals surface area contributed by atoms with Gasteiger partial charge in [-0.2, -0.15) is 4.98 Å². The average Bonchev–Trinajstić information content (AvgIpc) is 2.96. The number of aromatic nitrogens is 4. The molecule has 0 radical (unpaired) electrons. The van der Waals surface area contributed by atoms with E-state index in [-0.39, 0.29) is 29.9 Å². The van der Waals surface area contributed by atoms with Crippen LogP contribution >= 0.6 is 0 Å². The molecule has 0 spiro atoms. The molecular formula is C31H34N6O4. The van der Waals surface area contributed by atoms with Crippen molar-refractivity contribution in [2.75, 3.05) is 25.7 Å². The van der Waals surface area contributed by atoms with Crippen LogP contribution in [0.2, 0.25) is 0 Å². The standard InChI is InChI=1S/C31H34N6O4/c1-18-11-19(2)29(20(3)12-18)37(21(4)16-33-30(38)24-7-9-32-17-34-24)28-15-25-23-14-27(41-6)26(40-5)13-22(23)8-10-36(25)31(39)35-28/h7,9,11-15,17,21H,8,10,16H2,1-6H3,(H,33,38). The van der Waals surface area contributed by atoms with Gasteiger partial charge in [0.15, 0.2) is 11.5 Å². The van der Waals surface area contributed by atoms with Crippen molar-refractivity contribution in [2.45, 2.75) is 46.7 Å². The third kappa shape index (κ3) is 5.37. The molecule has 1 atom stereocenters. The van der Waals surface area contributed by atoms with Crippen LogP contribution in [0.3, 0.4) is 0 Å². The molecule has 4 aromatic rings. The molecule has 0 aliphatic carbocycles. The minimum absolute atomic E-state index is 0.260. The lowest BCUT2D eigenvalue weighted by Gasteiger charge is -2.34. The first-order valence-electron chi connectivity index (χ1n) is 13.5. The molecule has 0 saturated heterocycles. The maximum atomic E-state index is 13.5. The van der Waals surface area contributed by atoms with E-state index in [1.807, 2.05) is 43.9 Å². The molecule has 2 aromatic carbocycles. The summed E-state index contributed by atoms with van der Waals surface area (Å²) in [6.07, 6.45) is 3.55. The molecule has 212 valence electrons. The molecule has 3 heterocycles. The van der Waals surface area contributed by atoms with Crippen molar-refractivity contribution in [3.63, 3.8) is 0 Å². The zero-order valence-electron chi connectivity index (χ0n) is 24.2. The molecule has 41 heavy (non-hydrogen) atoms. The van der Waals surface area contributed by atoms with Gasteiger partial charge in [0, 0.05) is 36.6 Å². The molecule has 0 saturated carbocycles. The molecule has 1 unspecified atom stereocenters. The van der Waals surface area contributed by atoms with E-state index in [2.05, 4.69) is 39.3 Å². The predicted octanol–water partition coefficient (Wildman–Crippen LogP) is 4.16. The van der Waals surface area contributed by atoms with Gasteiger partial charge in [0.1, 0.15) is 17.8 Å². The van der Waals surface area contributed by atoms with E-state index >= 15 is 0 Å². The van der Waals surface area contributed by atoms with Crippen LogP contribution in [0.15, 0.2) is 53.7 Å². The molecule has 10 heteroatoms. The number of methoxy groups -OCH3 is 2. The molecule has 1 aliphatic rings. The summed E-state index contributed by atoms with van der Waals surface area (Å²) in [6, 6.07) is 11.4. The molecule has 1 amide bonds. The van der Waals surface area contributed by atoms with E-state index in [0.717, 1.165) is 39.2 Å². The smallest absolute Gasteiger partial charge is 0.350 e. The summed E-state index contributed by atoms with van der Waals surface area (Å²) in [4.78, 5) is 40.8. The Morgan fingerprint density at radius 2 is 1.78 bits per heavy atom. The Balaban J connectivity index is 1.61. The van der Waals surface area contributed by atoms with Crippen molar-refractivity contribution < 1.29 is 14.3 Å². The van der Waals surface area contributed by atoms with Crippen molar-refractivity contribution in [3.05, 3.63) is 87.4 Å². The highest BCUT2D eigenvalue weighted by molar-refractivity contribution is 5.92. The Bertz CT molecular complexity index is 1640. The topological polar surface area (TPSA) is 111 Å². The number of benzene rings is 2.